The van der Waals surface area contributed by atoms with Gasteiger partial charge in [-0.05, 0) is 24.5 Å². The highest BCUT2D eigenvalue weighted by atomic mass is 19.3. The van der Waals surface area contributed by atoms with E-state index in [4.69, 9.17) is 0 Å². The summed E-state index contributed by atoms with van der Waals surface area (Å²) >= 11 is 0. The number of rotatable bonds is 2. The number of aryl methyl sites for hydroxylation is 1. The van der Waals surface area contributed by atoms with Gasteiger partial charge in [0.1, 0.15) is 0 Å². The average Bonchev–Trinajstić information content (AvgIpc) is 2.70. The van der Waals surface area contributed by atoms with Crippen molar-refractivity contribution in [3.05, 3.63) is 29.6 Å². The fourth-order valence-corrected chi connectivity index (χ4v) is 2.73. The molecular formula is C13H14F2N2O. The lowest BCUT2D eigenvalue weighted by atomic mass is 9.87. The summed E-state index contributed by atoms with van der Waals surface area (Å²) in [5.41, 5.74) is 1.90. The maximum absolute atomic E-state index is 12.7. The van der Waals surface area contributed by atoms with Crippen molar-refractivity contribution in [1.82, 2.24) is 10.3 Å². The van der Waals surface area contributed by atoms with Crippen LogP contribution in [-0.2, 0) is 11.2 Å². The fourth-order valence-electron chi connectivity index (χ4n) is 2.73. The van der Waals surface area contributed by atoms with E-state index in [0.717, 1.165) is 24.1 Å². The standard InChI is InChI=1S/C13H14F2N2O/c14-13(15)6-9(7-13)17-12(18)10-4-3-8-2-1-5-16-11(8)10/h1-2,5,9-10H,3-4,6-7H2,(H,17,18). The molecule has 1 fully saturated rings. The number of amides is 1. The third kappa shape index (κ3) is 1.98. The minimum absolute atomic E-state index is 0.159. The number of hydrogen-bond acceptors (Lipinski definition) is 2. The van der Waals surface area contributed by atoms with Gasteiger partial charge in [0.05, 0.1) is 11.6 Å². The maximum atomic E-state index is 12.7. The minimum atomic E-state index is -2.59. The van der Waals surface area contributed by atoms with E-state index in [0.29, 0.717) is 0 Å². The summed E-state index contributed by atoms with van der Waals surface area (Å²) in [6.45, 7) is 0. The second-order valence-electron chi connectivity index (χ2n) is 5.11. The summed E-state index contributed by atoms with van der Waals surface area (Å²) in [7, 11) is 0. The highest BCUT2D eigenvalue weighted by molar-refractivity contribution is 5.84. The van der Waals surface area contributed by atoms with Gasteiger partial charge >= 0.3 is 0 Å². The van der Waals surface area contributed by atoms with Crippen molar-refractivity contribution in [3.63, 3.8) is 0 Å². The van der Waals surface area contributed by atoms with E-state index >= 15 is 0 Å². The average molecular weight is 252 g/mol. The van der Waals surface area contributed by atoms with Gasteiger partial charge in [0.25, 0.3) is 5.92 Å². The smallest absolute Gasteiger partial charge is 0.252 e. The zero-order valence-electron chi connectivity index (χ0n) is 9.83. The van der Waals surface area contributed by atoms with Crippen LogP contribution in [0.25, 0.3) is 0 Å². The lowest BCUT2D eigenvalue weighted by Gasteiger charge is -2.35. The summed E-state index contributed by atoms with van der Waals surface area (Å²) in [5.74, 6) is -3.02. The van der Waals surface area contributed by atoms with Gasteiger partial charge in [0.15, 0.2) is 0 Å². The molecule has 1 atom stereocenters. The predicted octanol–water partition coefficient (Wildman–Crippen LogP) is 2.03. The number of nitrogens with zero attached hydrogens (tertiary/aromatic N) is 1. The molecule has 5 heteroatoms. The molecule has 0 bridgehead atoms. The summed E-state index contributed by atoms with van der Waals surface area (Å²) in [4.78, 5) is 16.3. The topological polar surface area (TPSA) is 42.0 Å². The molecular weight excluding hydrogens is 238 g/mol. The molecule has 96 valence electrons. The second kappa shape index (κ2) is 4.00. The van der Waals surface area contributed by atoms with Crippen LogP contribution in [-0.4, -0.2) is 22.9 Å². The van der Waals surface area contributed by atoms with E-state index in [2.05, 4.69) is 10.3 Å². The maximum Gasteiger partial charge on any atom is 0.252 e. The van der Waals surface area contributed by atoms with Gasteiger partial charge in [-0.1, -0.05) is 6.07 Å². The number of aromatic nitrogens is 1. The van der Waals surface area contributed by atoms with Gasteiger partial charge in [-0.3, -0.25) is 9.78 Å². The molecule has 1 amide bonds. The zero-order valence-corrected chi connectivity index (χ0v) is 9.83. The molecule has 1 aromatic heterocycles. The molecule has 2 aliphatic carbocycles. The predicted molar refractivity (Wildman–Crippen MR) is 61.4 cm³/mol. The number of nitrogens with one attached hydrogen (secondary N) is 1. The van der Waals surface area contributed by atoms with Gasteiger partial charge in [0.2, 0.25) is 5.91 Å². The molecule has 18 heavy (non-hydrogen) atoms. The van der Waals surface area contributed by atoms with E-state index in [-0.39, 0.29) is 30.7 Å². The Labute approximate surface area is 104 Å². The van der Waals surface area contributed by atoms with Crippen molar-refractivity contribution in [2.24, 2.45) is 0 Å². The first kappa shape index (κ1) is 11.6. The molecule has 1 unspecified atom stereocenters. The first-order chi connectivity index (χ1) is 8.55. The van der Waals surface area contributed by atoms with E-state index in [1.807, 2.05) is 12.1 Å². The molecule has 0 aliphatic heterocycles. The molecule has 1 heterocycles. The second-order valence-corrected chi connectivity index (χ2v) is 5.11. The van der Waals surface area contributed by atoms with Crippen LogP contribution in [0.5, 0.6) is 0 Å². The Morgan fingerprint density at radius 3 is 2.94 bits per heavy atom. The monoisotopic (exact) mass is 252 g/mol. The number of alkyl halides is 2. The van der Waals surface area contributed by atoms with Crippen molar-refractivity contribution in [1.29, 1.82) is 0 Å². The first-order valence-electron chi connectivity index (χ1n) is 6.17. The SMILES string of the molecule is O=C(NC1CC(F)(F)C1)C1CCc2cccnc21. The number of pyridine rings is 1. The van der Waals surface area contributed by atoms with Crippen LogP contribution < -0.4 is 5.32 Å². The normalized spacial score (nSPS) is 25.3. The van der Waals surface area contributed by atoms with E-state index in [9.17, 15) is 13.6 Å². The molecule has 3 rings (SSSR count). The van der Waals surface area contributed by atoms with E-state index in [1.54, 1.807) is 6.20 Å². The Morgan fingerprint density at radius 2 is 2.22 bits per heavy atom. The van der Waals surface area contributed by atoms with Crippen LogP contribution in [0.1, 0.15) is 36.4 Å². The zero-order chi connectivity index (χ0) is 12.8. The third-order valence-electron chi connectivity index (χ3n) is 3.71. The highest BCUT2D eigenvalue weighted by Gasteiger charge is 2.46. The summed E-state index contributed by atoms with van der Waals surface area (Å²) in [5, 5.41) is 2.70. The Morgan fingerprint density at radius 1 is 1.44 bits per heavy atom. The lowest BCUT2D eigenvalue weighted by molar-refractivity contribution is -0.130. The van der Waals surface area contributed by atoms with Crippen LogP contribution in [0.4, 0.5) is 8.78 Å². The van der Waals surface area contributed by atoms with Gasteiger partial charge in [0, 0.05) is 25.1 Å². The third-order valence-corrected chi connectivity index (χ3v) is 3.71. The van der Waals surface area contributed by atoms with Gasteiger partial charge in [-0.15, -0.1) is 0 Å². The number of fused-ring (bicyclic) bond motifs is 1. The molecule has 3 nitrogen and oxygen atoms in total. The van der Waals surface area contributed by atoms with Gasteiger partial charge in [-0.25, -0.2) is 8.78 Å². The molecule has 0 radical (unpaired) electrons. The van der Waals surface area contributed by atoms with Crippen LogP contribution in [0, 0.1) is 0 Å². The Bertz CT molecular complexity index is 482. The van der Waals surface area contributed by atoms with Crippen LogP contribution in [0.2, 0.25) is 0 Å². The molecule has 1 saturated carbocycles. The van der Waals surface area contributed by atoms with Crippen molar-refractivity contribution >= 4 is 5.91 Å². The molecule has 1 N–H and O–H groups in total. The molecule has 0 aromatic carbocycles. The Balaban J connectivity index is 1.65. The van der Waals surface area contributed by atoms with Crippen LogP contribution in [0.15, 0.2) is 18.3 Å². The quantitative estimate of drug-likeness (QED) is 0.875. The molecule has 1 aromatic rings. The molecule has 0 saturated heterocycles. The van der Waals surface area contributed by atoms with Crippen molar-refractivity contribution < 1.29 is 13.6 Å². The van der Waals surface area contributed by atoms with Gasteiger partial charge in [-0.2, -0.15) is 0 Å². The fraction of sp³-hybridized carbons (Fsp3) is 0.538. The van der Waals surface area contributed by atoms with Gasteiger partial charge < -0.3 is 5.32 Å². The highest BCUT2D eigenvalue weighted by Crippen LogP contribution is 2.38. The van der Waals surface area contributed by atoms with Crippen LogP contribution >= 0.6 is 0 Å². The number of carbonyl (C=O) groups is 1. The number of halogens is 2. The number of hydrogen-bond donors (Lipinski definition) is 1. The molecule has 2 aliphatic rings. The number of carbonyl (C=O) groups excluding carboxylic acids is 1. The van der Waals surface area contributed by atoms with E-state index in [1.165, 1.54) is 0 Å². The Hall–Kier alpha value is -1.52. The Kier molecular flexibility index (Phi) is 2.57. The largest absolute Gasteiger partial charge is 0.352 e. The molecule has 0 spiro atoms. The minimum Gasteiger partial charge on any atom is -0.352 e. The summed E-state index contributed by atoms with van der Waals surface area (Å²) < 4.78 is 25.4. The first-order valence-corrected chi connectivity index (χ1v) is 6.17. The van der Waals surface area contributed by atoms with E-state index < -0.39 is 5.92 Å². The van der Waals surface area contributed by atoms with Crippen molar-refractivity contribution in [2.45, 2.75) is 43.6 Å². The lowest BCUT2D eigenvalue weighted by Crippen LogP contribution is -2.51. The summed E-state index contributed by atoms with van der Waals surface area (Å²) in [6, 6.07) is 3.44. The summed E-state index contributed by atoms with van der Waals surface area (Å²) in [6.07, 6.45) is 2.76. The van der Waals surface area contributed by atoms with Crippen molar-refractivity contribution in [2.75, 3.05) is 0 Å². The van der Waals surface area contributed by atoms with Crippen molar-refractivity contribution in [3.8, 4) is 0 Å². The van der Waals surface area contributed by atoms with Crippen LogP contribution in [0.3, 0.4) is 0 Å².